The summed E-state index contributed by atoms with van der Waals surface area (Å²) in [6.07, 6.45) is 0. The van der Waals surface area contributed by atoms with E-state index in [1.807, 2.05) is 11.4 Å². The van der Waals surface area contributed by atoms with E-state index in [2.05, 4.69) is 50.8 Å². The highest BCUT2D eigenvalue weighted by Crippen LogP contribution is 2.15. The van der Waals surface area contributed by atoms with Crippen LogP contribution < -0.4 is 0 Å². The third-order valence-electron chi connectivity index (χ3n) is 1.43. The zero-order chi connectivity index (χ0) is 10.5. The molecule has 3 heteroatoms. The molecule has 0 spiro atoms. The van der Waals surface area contributed by atoms with Gasteiger partial charge in [-0.05, 0) is 37.6 Å². The molecule has 0 aromatic carbocycles. The summed E-state index contributed by atoms with van der Waals surface area (Å²) in [5, 5.41) is 0. The molecule has 0 atom stereocenters. The molecule has 72 valence electrons. The van der Waals surface area contributed by atoms with Crippen LogP contribution in [0.1, 0.15) is 0 Å². The van der Waals surface area contributed by atoms with E-state index in [1.54, 1.807) is 0 Å². The molecule has 0 bridgehead atoms. The topological polar surface area (TPSA) is 9.23 Å². The van der Waals surface area contributed by atoms with Crippen LogP contribution in [0.3, 0.4) is 0 Å². The molecule has 13 heavy (non-hydrogen) atoms. The molecule has 0 heterocycles. The Hall–Kier alpha value is -0.566. The molecule has 0 radical (unpaired) electrons. The summed E-state index contributed by atoms with van der Waals surface area (Å²) < 4.78 is 6.07. The van der Waals surface area contributed by atoms with Crippen molar-refractivity contribution in [2.24, 2.45) is 0 Å². The molecule has 0 aliphatic carbocycles. The monoisotopic (exact) mass is 210 g/mol. The van der Waals surface area contributed by atoms with Crippen molar-refractivity contribution in [2.75, 3.05) is 0 Å². The lowest BCUT2D eigenvalue weighted by Gasteiger charge is -2.28. The second kappa shape index (κ2) is 4.61. The fraction of sp³-hybridized carbons (Fsp3) is 0.400. The van der Waals surface area contributed by atoms with Crippen LogP contribution in [0.4, 0.5) is 0 Å². The van der Waals surface area contributed by atoms with Gasteiger partial charge in [0.15, 0.2) is 0 Å². The first kappa shape index (κ1) is 12.4. The standard InChI is InChI=1S/C10H18OSi2/c1-7-9-12(3,4)11-13(5,6)10-8-2/h9-10H,1-2H2,3-6H3. The minimum absolute atomic E-state index is 1.71. The Morgan fingerprint density at radius 1 is 0.923 bits per heavy atom. The zero-order valence-electron chi connectivity index (χ0n) is 8.98. The number of hydrogen-bond acceptors (Lipinski definition) is 1. The lowest BCUT2D eigenvalue weighted by molar-refractivity contribution is 0.571. The van der Waals surface area contributed by atoms with E-state index in [0.717, 1.165) is 0 Å². The third kappa shape index (κ3) is 5.64. The highest BCUT2D eigenvalue weighted by atomic mass is 28.4. The van der Waals surface area contributed by atoms with Gasteiger partial charge in [0.05, 0.1) is 0 Å². The van der Waals surface area contributed by atoms with Crippen molar-refractivity contribution < 1.29 is 4.12 Å². The van der Waals surface area contributed by atoms with Crippen molar-refractivity contribution >= 4 is 16.6 Å². The molecule has 0 aromatic heterocycles. The highest BCUT2D eigenvalue weighted by Gasteiger charge is 2.29. The first-order valence-electron chi connectivity index (χ1n) is 4.27. The lowest BCUT2D eigenvalue weighted by Crippen LogP contribution is -2.41. The van der Waals surface area contributed by atoms with Gasteiger partial charge in [-0.15, -0.1) is 11.5 Å². The second-order valence-electron chi connectivity index (χ2n) is 4.01. The van der Waals surface area contributed by atoms with Crippen LogP contribution in [0.25, 0.3) is 0 Å². The predicted octanol–water partition coefficient (Wildman–Crippen LogP) is 3.17. The van der Waals surface area contributed by atoms with Gasteiger partial charge < -0.3 is 4.12 Å². The van der Waals surface area contributed by atoms with Crippen LogP contribution in [-0.2, 0) is 4.12 Å². The van der Waals surface area contributed by atoms with Gasteiger partial charge in [-0.3, -0.25) is 0 Å². The average Bonchev–Trinajstić information content (AvgIpc) is 1.82. The van der Waals surface area contributed by atoms with Gasteiger partial charge in [0.25, 0.3) is 0 Å². The molecule has 0 aliphatic rings. The quantitative estimate of drug-likeness (QED) is 0.511. The molecular weight excluding hydrogens is 192 g/mol. The van der Waals surface area contributed by atoms with Crippen molar-refractivity contribution in [3.8, 4) is 0 Å². The molecule has 0 aromatic rings. The molecule has 0 N–H and O–H groups in total. The zero-order valence-corrected chi connectivity index (χ0v) is 11.0. The Morgan fingerprint density at radius 2 is 1.23 bits per heavy atom. The Kier molecular flexibility index (Phi) is 4.41. The Balaban J connectivity index is 4.59. The van der Waals surface area contributed by atoms with Crippen molar-refractivity contribution in [1.29, 1.82) is 0 Å². The maximum atomic E-state index is 6.07. The summed E-state index contributed by atoms with van der Waals surface area (Å²) in [6.45, 7) is 15.7. The van der Waals surface area contributed by atoms with E-state index < -0.39 is 16.6 Å². The summed E-state index contributed by atoms with van der Waals surface area (Å²) in [5.74, 6) is 0. The molecule has 0 aliphatic heterocycles. The van der Waals surface area contributed by atoms with E-state index in [0.29, 0.717) is 0 Å². The summed E-state index contributed by atoms with van der Waals surface area (Å²) >= 11 is 0. The van der Waals surface area contributed by atoms with Crippen LogP contribution in [-0.4, -0.2) is 16.6 Å². The van der Waals surface area contributed by atoms with Crippen LogP contribution in [0, 0.1) is 0 Å². The van der Waals surface area contributed by atoms with E-state index in [-0.39, 0.29) is 0 Å². The minimum Gasteiger partial charge on any atom is -0.449 e. The average molecular weight is 210 g/mol. The van der Waals surface area contributed by atoms with E-state index in [4.69, 9.17) is 4.12 Å². The maximum absolute atomic E-state index is 6.07. The normalized spacial score (nSPS) is 11.4. The van der Waals surface area contributed by atoms with Gasteiger partial charge in [-0.25, -0.2) is 0 Å². The van der Waals surface area contributed by atoms with Crippen LogP contribution >= 0.6 is 0 Å². The summed E-state index contributed by atoms with van der Waals surface area (Å²) in [4.78, 5) is 0. The predicted molar refractivity (Wildman–Crippen MR) is 63.5 cm³/mol. The van der Waals surface area contributed by atoms with Gasteiger partial charge in [0.1, 0.15) is 0 Å². The van der Waals surface area contributed by atoms with Crippen molar-refractivity contribution in [1.82, 2.24) is 0 Å². The van der Waals surface area contributed by atoms with E-state index in [1.165, 1.54) is 0 Å². The number of rotatable bonds is 4. The molecule has 0 saturated heterocycles. The molecule has 0 amide bonds. The largest absolute Gasteiger partial charge is 0.449 e. The summed E-state index contributed by atoms with van der Waals surface area (Å²) in [7, 11) is -3.42. The second-order valence-corrected chi connectivity index (χ2v) is 11.8. The van der Waals surface area contributed by atoms with Crippen LogP contribution in [0.15, 0.2) is 36.0 Å². The Bertz CT molecular complexity index is 239. The lowest BCUT2D eigenvalue weighted by atomic mass is 11.0. The Morgan fingerprint density at radius 3 is 1.46 bits per heavy atom. The molecule has 0 fully saturated rings. The van der Waals surface area contributed by atoms with Crippen molar-refractivity contribution in [2.45, 2.75) is 26.2 Å². The first-order valence-corrected chi connectivity index (χ1v) is 10.2. The van der Waals surface area contributed by atoms with Gasteiger partial charge in [0.2, 0.25) is 16.6 Å². The number of hydrogen-bond donors (Lipinski definition) is 0. The molecule has 0 unspecified atom stereocenters. The van der Waals surface area contributed by atoms with Gasteiger partial charge >= 0.3 is 0 Å². The molecule has 0 saturated carbocycles. The third-order valence-corrected chi connectivity index (χ3v) is 7.43. The summed E-state index contributed by atoms with van der Waals surface area (Å²) in [5.41, 5.74) is 9.56. The smallest absolute Gasteiger partial charge is 0.206 e. The van der Waals surface area contributed by atoms with Crippen molar-refractivity contribution in [3.63, 3.8) is 0 Å². The SMILES string of the molecule is C=C=C[Si](C)(C)O[Si](C)(C)C=C=C. The molecule has 1 nitrogen and oxygen atoms in total. The fourth-order valence-corrected chi connectivity index (χ4v) is 8.11. The van der Waals surface area contributed by atoms with E-state index >= 15 is 0 Å². The fourth-order valence-electron chi connectivity index (χ4n) is 1.23. The molecule has 0 rings (SSSR count). The summed E-state index contributed by atoms with van der Waals surface area (Å²) in [6, 6.07) is 0. The maximum Gasteiger partial charge on any atom is 0.206 e. The van der Waals surface area contributed by atoms with E-state index in [9.17, 15) is 0 Å². The van der Waals surface area contributed by atoms with Crippen molar-refractivity contribution in [3.05, 3.63) is 36.0 Å². The van der Waals surface area contributed by atoms with Crippen LogP contribution in [0.5, 0.6) is 0 Å². The molecular formula is C10H18OSi2. The van der Waals surface area contributed by atoms with Gasteiger partial charge in [-0.2, -0.15) is 0 Å². The minimum atomic E-state index is -1.71. The van der Waals surface area contributed by atoms with Crippen LogP contribution in [0.2, 0.25) is 26.2 Å². The highest BCUT2D eigenvalue weighted by molar-refractivity contribution is 6.89. The van der Waals surface area contributed by atoms with Gasteiger partial charge in [-0.1, -0.05) is 13.2 Å². The van der Waals surface area contributed by atoms with Gasteiger partial charge in [0, 0.05) is 0 Å². The first-order chi connectivity index (χ1) is 5.83. The Labute approximate surface area is 83.4 Å².